The first-order valence-corrected chi connectivity index (χ1v) is 8.93. The number of ether oxygens (including phenoxy) is 1. The van der Waals surface area contributed by atoms with E-state index in [0.717, 1.165) is 38.5 Å². The minimum Gasteiger partial charge on any atom is -0.465 e. The second-order valence-corrected chi connectivity index (χ2v) is 6.38. The highest BCUT2D eigenvalue weighted by molar-refractivity contribution is 6.33. The number of esters is 1. The molecule has 0 atom stereocenters. The van der Waals surface area contributed by atoms with Crippen molar-refractivity contribution in [1.29, 1.82) is 0 Å². The largest absolute Gasteiger partial charge is 0.465 e. The third-order valence-corrected chi connectivity index (χ3v) is 4.75. The molecule has 0 saturated carbocycles. The summed E-state index contributed by atoms with van der Waals surface area (Å²) in [6.45, 7) is 7.16. The molecule has 138 valence electrons. The van der Waals surface area contributed by atoms with Crippen molar-refractivity contribution in [2.24, 2.45) is 0 Å². The van der Waals surface area contributed by atoms with E-state index >= 15 is 0 Å². The van der Waals surface area contributed by atoms with Gasteiger partial charge >= 0.3 is 5.97 Å². The number of anilines is 3. The van der Waals surface area contributed by atoms with Crippen LogP contribution < -0.4 is 10.2 Å². The normalized spacial score (nSPS) is 15.0. The van der Waals surface area contributed by atoms with E-state index in [0.29, 0.717) is 22.2 Å². The molecule has 1 aromatic carbocycles. The number of halogens is 1. The molecule has 1 N–H and O–H groups in total. The van der Waals surface area contributed by atoms with Gasteiger partial charge < -0.3 is 19.9 Å². The van der Waals surface area contributed by atoms with Gasteiger partial charge in [0, 0.05) is 32.4 Å². The average molecular weight is 376 g/mol. The number of nitrogens with one attached hydrogen (secondary N) is 1. The van der Waals surface area contributed by atoms with Gasteiger partial charge in [0.15, 0.2) is 0 Å². The molecule has 0 aliphatic carbocycles. The predicted molar refractivity (Wildman–Crippen MR) is 102 cm³/mol. The maximum atomic E-state index is 11.7. The van der Waals surface area contributed by atoms with Gasteiger partial charge in [0.2, 0.25) is 5.95 Å². The number of hydrogen-bond donors (Lipinski definition) is 1. The lowest BCUT2D eigenvalue weighted by molar-refractivity contribution is 0.0601. The van der Waals surface area contributed by atoms with Crippen molar-refractivity contribution < 1.29 is 9.53 Å². The van der Waals surface area contributed by atoms with E-state index in [1.807, 2.05) is 6.07 Å². The second kappa shape index (κ2) is 8.33. The molecule has 0 amide bonds. The van der Waals surface area contributed by atoms with Crippen molar-refractivity contribution in [2.75, 3.05) is 50.1 Å². The Hall–Kier alpha value is -2.38. The molecule has 26 heavy (non-hydrogen) atoms. The van der Waals surface area contributed by atoms with Crippen LogP contribution in [0.3, 0.4) is 0 Å². The maximum Gasteiger partial charge on any atom is 0.337 e. The fraction of sp³-hybridized carbons (Fsp3) is 0.389. The highest BCUT2D eigenvalue weighted by atomic mass is 35.5. The van der Waals surface area contributed by atoms with Crippen molar-refractivity contribution in [3.8, 4) is 0 Å². The summed E-state index contributed by atoms with van der Waals surface area (Å²) in [7, 11) is 1.34. The molecule has 1 aliphatic rings. The molecule has 1 fully saturated rings. The first-order valence-electron chi connectivity index (χ1n) is 8.56. The van der Waals surface area contributed by atoms with Crippen molar-refractivity contribution in [2.45, 2.75) is 6.92 Å². The summed E-state index contributed by atoms with van der Waals surface area (Å²) in [5.41, 5.74) is 0.966. The van der Waals surface area contributed by atoms with E-state index < -0.39 is 5.97 Å². The molecule has 7 nitrogen and oxygen atoms in total. The van der Waals surface area contributed by atoms with E-state index in [9.17, 15) is 4.79 Å². The first-order chi connectivity index (χ1) is 12.6. The summed E-state index contributed by atoms with van der Waals surface area (Å²) in [4.78, 5) is 25.2. The molecular weight excluding hydrogens is 354 g/mol. The van der Waals surface area contributed by atoms with Crippen molar-refractivity contribution >= 4 is 35.0 Å². The molecule has 3 rings (SSSR count). The van der Waals surface area contributed by atoms with Crippen molar-refractivity contribution in [3.05, 3.63) is 41.0 Å². The summed E-state index contributed by atoms with van der Waals surface area (Å²) in [5.74, 6) is 0.885. The summed E-state index contributed by atoms with van der Waals surface area (Å²) in [6, 6.07) is 6.79. The van der Waals surface area contributed by atoms with Gasteiger partial charge in [-0.15, -0.1) is 0 Å². The predicted octanol–water partition coefficient (Wildman–Crippen LogP) is 2.80. The smallest absolute Gasteiger partial charge is 0.337 e. The van der Waals surface area contributed by atoms with Crippen LogP contribution in [0.5, 0.6) is 0 Å². The first kappa shape index (κ1) is 18.4. The van der Waals surface area contributed by atoms with Gasteiger partial charge in [0.25, 0.3) is 0 Å². The monoisotopic (exact) mass is 375 g/mol. The number of benzene rings is 1. The fourth-order valence-corrected chi connectivity index (χ4v) is 3.03. The zero-order valence-electron chi connectivity index (χ0n) is 14.9. The molecular formula is C18H22ClN5O2. The van der Waals surface area contributed by atoms with Crippen molar-refractivity contribution in [1.82, 2.24) is 14.9 Å². The average Bonchev–Trinajstić information content (AvgIpc) is 2.69. The number of carbonyl (C=O) groups excluding carboxylic acids is 1. The lowest BCUT2D eigenvalue weighted by Gasteiger charge is -2.34. The van der Waals surface area contributed by atoms with Gasteiger partial charge in [-0.2, -0.15) is 4.98 Å². The molecule has 0 radical (unpaired) electrons. The van der Waals surface area contributed by atoms with E-state index in [1.165, 1.54) is 7.11 Å². The minimum absolute atomic E-state index is 0.409. The van der Waals surface area contributed by atoms with Crippen LogP contribution in [0.1, 0.15) is 17.3 Å². The Morgan fingerprint density at radius 1 is 1.27 bits per heavy atom. The van der Waals surface area contributed by atoms with Gasteiger partial charge in [0.1, 0.15) is 5.82 Å². The third kappa shape index (κ3) is 4.23. The molecule has 0 spiro atoms. The molecule has 1 aliphatic heterocycles. The Morgan fingerprint density at radius 3 is 2.73 bits per heavy atom. The number of nitrogens with zero attached hydrogens (tertiary/aromatic N) is 4. The number of aromatic nitrogens is 2. The van der Waals surface area contributed by atoms with Crippen LogP contribution in [-0.2, 0) is 4.74 Å². The summed E-state index contributed by atoms with van der Waals surface area (Å²) >= 11 is 6.23. The highest BCUT2D eigenvalue weighted by Gasteiger charge is 2.17. The van der Waals surface area contributed by atoms with E-state index in [-0.39, 0.29) is 0 Å². The molecule has 0 bridgehead atoms. The van der Waals surface area contributed by atoms with Crippen LogP contribution in [0.25, 0.3) is 0 Å². The summed E-state index contributed by atoms with van der Waals surface area (Å²) < 4.78 is 4.75. The van der Waals surface area contributed by atoms with Crippen LogP contribution >= 0.6 is 11.6 Å². The quantitative estimate of drug-likeness (QED) is 0.805. The van der Waals surface area contributed by atoms with Crippen LogP contribution in [0.4, 0.5) is 17.5 Å². The maximum absolute atomic E-state index is 11.7. The fourth-order valence-electron chi connectivity index (χ4n) is 2.87. The topological polar surface area (TPSA) is 70.6 Å². The van der Waals surface area contributed by atoms with Gasteiger partial charge in [-0.3, -0.25) is 0 Å². The highest BCUT2D eigenvalue weighted by Crippen LogP contribution is 2.26. The zero-order valence-corrected chi connectivity index (χ0v) is 15.7. The molecule has 1 saturated heterocycles. The molecule has 2 heterocycles. The zero-order chi connectivity index (χ0) is 18.5. The van der Waals surface area contributed by atoms with Gasteiger partial charge in [-0.05, 0) is 30.8 Å². The van der Waals surface area contributed by atoms with Crippen LogP contribution in [0, 0.1) is 0 Å². The van der Waals surface area contributed by atoms with Gasteiger partial charge in [-0.1, -0.05) is 18.5 Å². The number of piperazine rings is 1. The Labute approximate surface area is 157 Å². The van der Waals surface area contributed by atoms with Crippen molar-refractivity contribution in [3.63, 3.8) is 0 Å². The van der Waals surface area contributed by atoms with E-state index in [2.05, 4.69) is 32.0 Å². The number of likely N-dealkylation sites (N-methyl/N-ethyl adjacent to an activating group) is 1. The van der Waals surface area contributed by atoms with Crippen LogP contribution in [0.15, 0.2) is 30.5 Å². The standard InChI is InChI=1S/C18H22ClN5O2/c1-3-23-8-10-24(11-9-23)16-6-7-20-18(22-16)21-15-12-13(17(25)26-2)4-5-14(15)19/h4-7,12H,3,8-11H2,1-2H3,(H,20,21,22). The second-order valence-electron chi connectivity index (χ2n) is 5.97. The Balaban J connectivity index is 1.76. The summed E-state index contributed by atoms with van der Waals surface area (Å²) in [6.07, 6.45) is 1.72. The number of hydrogen-bond acceptors (Lipinski definition) is 7. The van der Waals surface area contributed by atoms with Gasteiger partial charge in [0.05, 0.1) is 23.4 Å². The Kier molecular flexibility index (Phi) is 5.90. The Morgan fingerprint density at radius 2 is 2.04 bits per heavy atom. The van der Waals surface area contributed by atoms with Crippen LogP contribution in [0.2, 0.25) is 5.02 Å². The molecule has 0 unspecified atom stereocenters. The van der Waals surface area contributed by atoms with Crippen LogP contribution in [-0.4, -0.2) is 60.7 Å². The number of carbonyl (C=O) groups is 1. The lowest BCUT2D eigenvalue weighted by atomic mass is 10.2. The summed E-state index contributed by atoms with van der Waals surface area (Å²) in [5, 5.41) is 3.57. The Bertz CT molecular complexity index is 778. The van der Waals surface area contributed by atoms with E-state index in [1.54, 1.807) is 24.4 Å². The SMILES string of the molecule is CCN1CCN(c2ccnc(Nc3cc(C(=O)OC)ccc3Cl)n2)CC1. The number of methoxy groups -OCH3 is 1. The minimum atomic E-state index is -0.423. The molecule has 8 heteroatoms. The number of rotatable bonds is 5. The third-order valence-electron chi connectivity index (χ3n) is 4.42. The molecule has 2 aromatic rings. The van der Waals surface area contributed by atoms with E-state index in [4.69, 9.17) is 16.3 Å². The van der Waals surface area contributed by atoms with Gasteiger partial charge in [-0.25, -0.2) is 9.78 Å². The lowest BCUT2D eigenvalue weighted by Crippen LogP contribution is -2.46. The molecule has 1 aromatic heterocycles.